The van der Waals surface area contributed by atoms with Crippen LogP contribution in [0.5, 0.6) is 11.5 Å². The van der Waals surface area contributed by atoms with E-state index in [1.165, 1.54) is 0 Å². The first-order chi connectivity index (χ1) is 10.5. The monoisotopic (exact) mass is 308 g/mol. The maximum absolute atomic E-state index is 12.1. The fourth-order valence-corrected chi connectivity index (χ4v) is 2.67. The van der Waals surface area contributed by atoms with Gasteiger partial charge in [-0.25, -0.2) is 0 Å². The second kappa shape index (κ2) is 7.47. The van der Waals surface area contributed by atoms with E-state index in [0.29, 0.717) is 30.9 Å². The van der Waals surface area contributed by atoms with Crippen LogP contribution in [0.3, 0.4) is 0 Å². The molecule has 3 unspecified atom stereocenters. The van der Waals surface area contributed by atoms with Gasteiger partial charge in [-0.1, -0.05) is 6.07 Å². The van der Waals surface area contributed by atoms with E-state index in [9.17, 15) is 9.90 Å². The lowest BCUT2D eigenvalue weighted by Gasteiger charge is -2.18. The van der Waals surface area contributed by atoms with Crippen LogP contribution in [0.2, 0.25) is 0 Å². The van der Waals surface area contributed by atoms with Gasteiger partial charge in [0.05, 0.1) is 26.4 Å². The summed E-state index contributed by atoms with van der Waals surface area (Å²) < 4.78 is 10.5. The number of aliphatic hydroxyl groups is 1. The van der Waals surface area contributed by atoms with E-state index in [-0.39, 0.29) is 18.0 Å². The smallest absolute Gasteiger partial charge is 0.237 e. The van der Waals surface area contributed by atoms with Gasteiger partial charge in [-0.2, -0.15) is 0 Å². The van der Waals surface area contributed by atoms with E-state index in [2.05, 4.69) is 10.6 Å². The fraction of sp³-hybridized carbons (Fsp3) is 0.562. The van der Waals surface area contributed by atoms with Crippen molar-refractivity contribution in [3.05, 3.63) is 23.8 Å². The Kier molecular flexibility index (Phi) is 5.63. The summed E-state index contributed by atoms with van der Waals surface area (Å²) in [6, 6.07) is 5.42. The van der Waals surface area contributed by atoms with Crippen molar-refractivity contribution in [2.45, 2.75) is 38.0 Å². The molecule has 1 heterocycles. The third kappa shape index (κ3) is 4.11. The van der Waals surface area contributed by atoms with Crippen molar-refractivity contribution in [1.82, 2.24) is 10.6 Å². The Morgan fingerprint density at radius 3 is 2.73 bits per heavy atom. The van der Waals surface area contributed by atoms with Crippen LogP contribution < -0.4 is 20.1 Å². The summed E-state index contributed by atoms with van der Waals surface area (Å²) in [6.45, 7) is 2.43. The SMILES string of the molecule is COc1ccc(CC(C)NC(=O)C2CC(O)CN2)cc1OC. The van der Waals surface area contributed by atoms with Gasteiger partial charge >= 0.3 is 0 Å². The minimum atomic E-state index is -0.433. The summed E-state index contributed by atoms with van der Waals surface area (Å²) in [5, 5.41) is 15.4. The molecule has 0 saturated carbocycles. The van der Waals surface area contributed by atoms with Crippen LogP contribution in [0, 0.1) is 0 Å². The van der Waals surface area contributed by atoms with E-state index < -0.39 is 6.10 Å². The molecule has 0 spiro atoms. The third-order valence-electron chi connectivity index (χ3n) is 3.80. The number of ether oxygens (including phenoxy) is 2. The number of benzene rings is 1. The highest BCUT2D eigenvalue weighted by Gasteiger charge is 2.28. The molecule has 1 aromatic carbocycles. The van der Waals surface area contributed by atoms with Crippen molar-refractivity contribution < 1.29 is 19.4 Å². The minimum absolute atomic E-state index is 0.00913. The molecule has 0 aliphatic carbocycles. The fourth-order valence-electron chi connectivity index (χ4n) is 2.67. The molecule has 2 rings (SSSR count). The number of β-amino-alcohol motifs (C(OH)–C–C–N with tert-alkyl or cyclic N) is 1. The first kappa shape index (κ1) is 16.6. The minimum Gasteiger partial charge on any atom is -0.493 e. The van der Waals surface area contributed by atoms with Gasteiger partial charge in [-0.15, -0.1) is 0 Å². The molecule has 0 bridgehead atoms. The predicted molar refractivity (Wildman–Crippen MR) is 83.3 cm³/mol. The topological polar surface area (TPSA) is 79.8 Å². The van der Waals surface area contributed by atoms with Crippen LogP contribution in [-0.2, 0) is 11.2 Å². The average Bonchev–Trinajstić information content (AvgIpc) is 2.93. The van der Waals surface area contributed by atoms with Crippen molar-refractivity contribution in [1.29, 1.82) is 0 Å². The Bertz CT molecular complexity index is 521. The normalized spacial score (nSPS) is 22.2. The van der Waals surface area contributed by atoms with E-state index in [4.69, 9.17) is 9.47 Å². The highest BCUT2D eigenvalue weighted by molar-refractivity contribution is 5.82. The van der Waals surface area contributed by atoms with Crippen LogP contribution in [0.4, 0.5) is 0 Å². The molecule has 6 heteroatoms. The maximum atomic E-state index is 12.1. The van der Waals surface area contributed by atoms with E-state index in [0.717, 1.165) is 5.56 Å². The Morgan fingerprint density at radius 2 is 2.14 bits per heavy atom. The first-order valence-electron chi connectivity index (χ1n) is 7.46. The van der Waals surface area contributed by atoms with E-state index >= 15 is 0 Å². The summed E-state index contributed by atoms with van der Waals surface area (Å²) in [4.78, 5) is 12.1. The van der Waals surface area contributed by atoms with Crippen LogP contribution in [-0.4, -0.2) is 50.0 Å². The van der Waals surface area contributed by atoms with Crippen LogP contribution in [0.15, 0.2) is 18.2 Å². The number of methoxy groups -OCH3 is 2. The number of amides is 1. The van der Waals surface area contributed by atoms with E-state index in [1.54, 1.807) is 14.2 Å². The number of hydrogen-bond acceptors (Lipinski definition) is 5. The van der Waals surface area contributed by atoms with Gasteiger partial charge in [-0.05, 0) is 37.5 Å². The summed E-state index contributed by atoms with van der Waals surface area (Å²) in [5.41, 5.74) is 1.06. The zero-order valence-electron chi connectivity index (χ0n) is 13.3. The van der Waals surface area contributed by atoms with Crippen LogP contribution >= 0.6 is 0 Å². The summed E-state index contributed by atoms with van der Waals surface area (Å²) in [6.07, 6.45) is 0.730. The Morgan fingerprint density at radius 1 is 1.41 bits per heavy atom. The van der Waals surface area contributed by atoms with Crippen LogP contribution in [0.1, 0.15) is 18.9 Å². The molecule has 3 atom stereocenters. The van der Waals surface area contributed by atoms with Gasteiger partial charge in [0.15, 0.2) is 11.5 Å². The molecule has 1 saturated heterocycles. The summed E-state index contributed by atoms with van der Waals surface area (Å²) >= 11 is 0. The zero-order chi connectivity index (χ0) is 16.1. The molecule has 0 radical (unpaired) electrons. The van der Waals surface area contributed by atoms with Gasteiger partial charge in [0.2, 0.25) is 5.91 Å². The molecule has 1 aliphatic heterocycles. The van der Waals surface area contributed by atoms with Crippen molar-refractivity contribution in [3.63, 3.8) is 0 Å². The molecule has 1 amide bonds. The molecule has 1 aliphatic rings. The second-order valence-corrected chi connectivity index (χ2v) is 5.65. The quantitative estimate of drug-likeness (QED) is 0.712. The highest BCUT2D eigenvalue weighted by atomic mass is 16.5. The molecule has 22 heavy (non-hydrogen) atoms. The molecular weight excluding hydrogens is 284 g/mol. The molecular formula is C16H24N2O4. The third-order valence-corrected chi connectivity index (χ3v) is 3.80. The van der Waals surface area contributed by atoms with E-state index in [1.807, 2.05) is 25.1 Å². The first-order valence-corrected chi connectivity index (χ1v) is 7.46. The van der Waals surface area contributed by atoms with Gasteiger partial charge < -0.3 is 25.2 Å². The summed E-state index contributed by atoms with van der Waals surface area (Å²) in [7, 11) is 3.20. The van der Waals surface area contributed by atoms with Crippen molar-refractivity contribution in [2.24, 2.45) is 0 Å². The number of rotatable bonds is 6. The molecule has 1 aromatic rings. The largest absolute Gasteiger partial charge is 0.493 e. The molecule has 0 aromatic heterocycles. The van der Waals surface area contributed by atoms with Gasteiger partial charge in [0.25, 0.3) is 0 Å². The Labute approximate surface area is 130 Å². The maximum Gasteiger partial charge on any atom is 0.237 e. The zero-order valence-corrected chi connectivity index (χ0v) is 13.3. The lowest BCUT2D eigenvalue weighted by atomic mass is 10.1. The Hall–Kier alpha value is -1.79. The number of carbonyl (C=O) groups is 1. The predicted octanol–water partition coefficient (Wildman–Crippen LogP) is 0.474. The molecule has 122 valence electrons. The van der Waals surface area contributed by atoms with Crippen molar-refractivity contribution in [3.8, 4) is 11.5 Å². The van der Waals surface area contributed by atoms with Crippen molar-refractivity contribution in [2.75, 3.05) is 20.8 Å². The number of aliphatic hydroxyl groups excluding tert-OH is 1. The number of carbonyl (C=O) groups excluding carboxylic acids is 1. The number of nitrogens with one attached hydrogen (secondary N) is 2. The van der Waals surface area contributed by atoms with Crippen LogP contribution in [0.25, 0.3) is 0 Å². The molecule has 6 nitrogen and oxygen atoms in total. The van der Waals surface area contributed by atoms with Gasteiger partial charge in [0.1, 0.15) is 0 Å². The lowest BCUT2D eigenvalue weighted by molar-refractivity contribution is -0.123. The highest BCUT2D eigenvalue weighted by Crippen LogP contribution is 2.27. The van der Waals surface area contributed by atoms with Crippen molar-refractivity contribution >= 4 is 5.91 Å². The molecule has 1 fully saturated rings. The lowest BCUT2D eigenvalue weighted by Crippen LogP contribution is -2.44. The van der Waals surface area contributed by atoms with Gasteiger partial charge in [-0.3, -0.25) is 4.79 Å². The Balaban J connectivity index is 1.91. The standard InChI is InChI=1S/C16H24N2O4/c1-10(18-16(20)13-8-12(19)9-17-13)6-11-4-5-14(21-2)15(7-11)22-3/h4-5,7,10,12-13,17,19H,6,8-9H2,1-3H3,(H,18,20). The number of hydrogen-bond donors (Lipinski definition) is 3. The average molecular weight is 308 g/mol. The molecule has 3 N–H and O–H groups in total. The second-order valence-electron chi connectivity index (χ2n) is 5.65. The van der Waals surface area contributed by atoms with Gasteiger partial charge in [0, 0.05) is 12.6 Å². The summed E-state index contributed by atoms with van der Waals surface area (Å²) in [5.74, 6) is 1.30.